The fraction of sp³-hybridized carbons (Fsp3) is 0. The molecule has 3 N–H and O–H groups in total. The van der Waals surface area contributed by atoms with Gasteiger partial charge in [0.05, 0.1) is 5.57 Å². The Morgan fingerprint density at radius 2 is 1.94 bits per heavy atom. The van der Waals surface area contributed by atoms with Crippen molar-refractivity contribution in [3.63, 3.8) is 0 Å². The number of rotatable bonds is 1. The number of nitrogens with two attached hydrogens (primary N) is 1. The van der Waals surface area contributed by atoms with Gasteiger partial charge >= 0.3 is 0 Å². The van der Waals surface area contributed by atoms with E-state index in [9.17, 15) is 9.59 Å². The Kier molecular flexibility index (Phi) is 1.90. The number of imide groups is 1. The summed E-state index contributed by atoms with van der Waals surface area (Å²) in [6, 6.07) is 7.56. The van der Waals surface area contributed by atoms with Gasteiger partial charge in [0.2, 0.25) is 0 Å². The van der Waals surface area contributed by atoms with E-state index < -0.39 is 11.8 Å². The number of carbonyl (C=O) groups excluding carboxylic acids is 2. The number of aromatic nitrogens is 1. The van der Waals surface area contributed by atoms with E-state index in [1.807, 2.05) is 24.3 Å². The molecule has 1 aliphatic rings. The molecule has 2 heterocycles. The van der Waals surface area contributed by atoms with Gasteiger partial charge in [-0.05, 0) is 6.07 Å². The van der Waals surface area contributed by atoms with Crippen molar-refractivity contribution in [3.05, 3.63) is 42.1 Å². The number of aromatic amines is 1. The number of fused-ring (bicyclic) bond motifs is 1. The fourth-order valence-electron chi connectivity index (χ4n) is 1.97. The van der Waals surface area contributed by atoms with Crippen LogP contribution in [0.2, 0.25) is 0 Å². The van der Waals surface area contributed by atoms with Crippen LogP contribution in [0.3, 0.4) is 0 Å². The van der Waals surface area contributed by atoms with Gasteiger partial charge < -0.3 is 4.98 Å². The second-order valence-corrected chi connectivity index (χ2v) is 3.82. The highest BCUT2D eigenvalue weighted by molar-refractivity contribution is 6.34. The van der Waals surface area contributed by atoms with Crippen LogP contribution >= 0.6 is 0 Å². The minimum absolute atomic E-state index is 0.329. The number of hydrogen-bond acceptors (Lipinski definition) is 3. The fourth-order valence-corrected chi connectivity index (χ4v) is 1.97. The first-order valence-corrected chi connectivity index (χ1v) is 5.10. The van der Waals surface area contributed by atoms with Crippen LogP contribution in [0.15, 0.2) is 36.5 Å². The lowest BCUT2D eigenvalue weighted by molar-refractivity contribution is -0.136. The van der Waals surface area contributed by atoms with Crippen molar-refractivity contribution in [2.24, 2.45) is 5.84 Å². The third-order valence-electron chi connectivity index (χ3n) is 2.83. The highest BCUT2D eigenvalue weighted by Crippen LogP contribution is 2.28. The largest absolute Gasteiger partial charge is 0.361 e. The number of nitrogens with one attached hydrogen (secondary N) is 1. The average Bonchev–Trinajstić information content (AvgIpc) is 2.86. The lowest BCUT2D eigenvalue weighted by Crippen LogP contribution is -2.37. The Morgan fingerprint density at radius 1 is 1.18 bits per heavy atom. The highest BCUT2D eigenvalue weighted by atomic mass is 16.2. The summed E-state index contributed by atoms with van der Waals surface area (Å²) in [6.07, 6.45) is 2.97. The predicted octanol–water partition coefficient (Wildman–Crippen LogP) is 0.794. The van der Waals surface area contributed by atoms with E-state index in [4.69, 9.17) is 5.84 Å². The van der Waals surface area contributed by atoms with Crippen molar-refractivity contribution in [1.82, 2.24) is 9.99 Å². The molecule has 1 aromatic carbocycles. The van der Waals surface area contributed by atoms with Crippen molar-refractivity contribution in [1.29, 1.82) is 0 Å². The van der Waals surface area contributed by atoms with Crippen molar-refractivity contribution in [3.8, 4) is 0 Å². The molecule has 0 aliphatic carbocycles. The van der Waals surface area contributed by atoms with Crippen molar-refractivity contribution in [2.75, 3.05) is 0 Å². The number of hydrogen-bond donors (Lipinski definition) is 2. The van der Waals surface area contributed by atoms with Crippen molar-refractivity contribution >= 4 is 28.3 Å². The third-order valence-corrected chi connectivity index (χ3v) is 2.83. The van der Waals surface area contributed by atoms with E-state index in [0.717, 1.165) is 10.9 Å². The van der Waals surface area contributed by atoms with E-state index in [-0.39, 0.29) is 0 Å². The number of nitrogens with zero attached hydrogens (tertiary/aromatic N) is 1. The number of para-hydroxylation sites is 1. The minimum Gasteiger partial charge on any atom is -0.361 e. The van der Waals surface area contributed by atoms with Gasteiger partial charge in [-0.1, -0.05) is 18.2 Å². The van der Waals surface area contributed by atoms with Crippen LogP contribution in [0.1, 0.15) is 5.56 Å². The molecule has 1 aromatic heterocycles. The summed E-state index contributed by atoms with van der Waals surface area (Å²) in [4.78, 5) is 26.1. The van der Waals surface area contributed by atoms with Crippen LogP contribution in [0.25, 0.3) is 16.5 Å². The summed E-state index contributed by atoms with van der Waals surface area (Å²) >= 11 is 0. The second-order valence-electron chi connectivity index (χ2n) is 3.82. The Morgan fingerprint density at radius 3 is 2.65 bits per heavy atom. The zero-order valence-corrected chi connectivity index (χ0v) is 8.81. The molecule has 1 aliphatic heterocycles. The summed E-state index contributed by atoms with van der Waals surface area (Å²) < 4.78 is 0. The van der Waals surface area contributed by atoms with Crippen molar-refractivity contribution < 1.29 is 9.59 Å². The van der Waals surface area contributed by atoms with E-state index in [1.165, 1.54) is 6.08 Å². The van der Waals surface area contributed by atoms with E-state index >= 15 is 0 Å². The molecule has 0 saturated carbocycles. The summed E-state index contributed by atoms with van der Waals surface area (Å²) in [7, 11) is 0. The molecule has 0 atom stereocenters. The van der Waals surface area contributed by atoms with E-state index in [1.54, 1.807) is 6.20 Å². The maximum Gasteiger partial charge on any atom is 0.276 e. The Labute approximate surface area is 96.5 Å². The molecule has 0 radical (unpaired) electrons. The molecule has 0 unspecified atom stereocenters. The predicted molar refractivity (Wildman–Crippen MR) is 62.3 cm³/mol. The molecule has 0 fully saturated rings. The van der Waals surface area contributed by atoms with Gasteiger partial charge in [-0.25, -0.2) is 10.9 Å². The Hall–Kier alpha value is -2.40. The Balaban J connectivity index is 2.21. The first-order valence-electron chi connectivity index (χ1n) is 5.10. The summed E-state index contributed by atoms with van der Waals surface area (Å²) in [5.74, 6) is 4.37. The molecule has 3 rings (SSSR count). The standard InChI is InChI=1S/C12H9N3O2/c13-15-11(16)5-8(12(15)17)9-6-14-10-4-2-1-3-7(9)10/h1-6,14H,13H2. The smallest absolute Gasteiger partial charge is 0.276 e. The van der Waals surface area contributed by atoms with Crippen molar-refractivity contribution in [2.45, 2.75) is 0 Å². The van der Waals surface area contributed by atoms with E-state index in [0.29, 0.717) is 16.1 Å². The molecule has 17 heavy (non-hydrogen) atoms. The summed E-state index contributed by atoms with van der Waals surface area (Å²) in [5, 5.41) is 1.52. The van der Waals surface area contributed by atoms with Gasteiger partial charge in [-0.15, -0.1) is 0 Å². The summed E-state index contributed by atoms with van der Waals surface area (Å²) in [6.45, 7) is 0. The van der Waals surface area contributed by atoms with E-state index in [2.05, 4.69) is 4.98 Å². The molecular formula is C12H9N3O2. The molecule has 84 valence electrons. The lowest BCUT2D eigenvalue weighted by Gasteiger charge is -2.05. The van der Waals surface area contributed by atoms with Crippen LogP contribution in [-0.2, 0) is 9.59 Å². The maximum absolute atomic E-state index is 11.8. The van der Waals surface area contributed by atoms with Gasteiger partial charge in [0.25, 0.3) is 11.8 Å². The highest BCUT2D eigenvalue weighted by Gasteiger charge is 2.30. The monoisotopic (exact) mass is 227 g/mol. The number of benzene rings is 1. The van der Waals surface area contributed by atoms with Gasteiger partial charge in [0.15, 0.2) is 0 Å². The average molecular weight is 227 g/mol. The van der Waals surface area contributed by atoms with Gasteiger partial charge in [-0.3, -0.25) is 9.59 Å². The van der Waals surface area contributed by atoms with Gasteiger partial charge in [-0.2, -0.15) is 0 Å². The molecule has 0 saturated heterocycles. The van der Waals surface area contributed by atoms with Crippen LogP contribution in [0, 0.1) is 0 Å². The normalized spacial score (nSPS) is 15.8. The molecule has 2 amide bonds. The zero-order valence-electron chi connectivity index (χ0n) is 8.81. The molecule has 2 aromatic rings. The minimum atomic E-state index is -0.490. The SMILES string of the molecule is NN1C(=O)C=C(c2c[nH]c3ccccc23)C1=O. The van der Waals surface area contributed by atoms with Gasteiger partial charge in [0, 0.05) is 28.7 Å². The molecular weight excluding hydrogens is 218 g/mol. The topological polar surface area (TPSA) is 79.2 Å². The third kappa shape index (κ3) is 1.29. The summed E-state index contributed by atoms with van der Waals surface area (Å²) in [5.41, 5.74) is 1.95. The zero-order chi connectivity index (χ0) is 12.0. The van der Waals surface area contributed by atoms with Crippen LogP contribution in [-0.4, -0.2) is 21.8 Å². The molecule has 0 spiro atoms. The van der Waals surface area contributed by atoms with Crippen LogP contribution in [0.4, 0.5) is 0 Å². The molecule has 5 nitrogen and oxygen atoms in total. The maximum atomic E-state index is 11.8. The van der Waals surface area contributed by atoms with Gasteiger partial charge in [0.1, 0.15) is 0 Å². The Bertz CT molecular complexity index is 669. The molecule has 0 bridgehead atoms. The van der Waals surface area contributed by atoms with Crippen LogP contribution < -0.4 is 5.84 Å². The number of H-pyrrole nitrogens is 1. The second kappa shape index (κ2) is 3.29. The van der Waals surface area contributed by atoms with Crippen LogP contribution in [0.5, 0.6) is 0 Å². The quantitative estimate of drug-likeness (QED) is 0.429. The first kappa shape index (κ1) is 9.80. The number of hydrazine groups is 1. The first-order chi connectivity index (χ1) is 8.18. The number of carbonyl (C=O) groups is 2. The molecule has 5 heteroatoms. The lowest BCUT2D eigenvalue weighted by atomic mass is 10.1. The number of amides is 2.